The molecule has 156 valence electrons. The molecule has 1 aromatic heterocycles. The van der Waals surface area contributed by atoms with Gasteiger partial charge in [-0.1, -0.05) is 23.2 Å². The van der Waals surface area contributed by atoms with E-state index >= 15 is 0 Å². The fraction of sp³-hybridized carbons (Fsp3) is 0.143. The van der Waals surface area contributed by atoms with Crippen molar-refractivity contribution in [1.29, 1.82) is 0 Å². The van der Waals surface area contributed by atoms with Crippen molar-refractivity contribution in [1.82, 2.24) is 4.98 Å². The van der Waals surface area contributed by atoms with Gasteiger partial charge in [-0.05, 0) is 48.7 Å². The molecule has 0 bridgehead atoms. The van der Waals surface area contributed by atoms with Crippen molar-refractivity contribution in [2.24, 2.45) is 0 Å². The van der Waals surface area contributed by atoms with E-state index in [0.717, 1.165) is 6.07 Å². The second kappa shape index (κ2) is 9.11. The average Bonchev–Trinajstić information content (AvgIpc) is 2.72. The first-order valence-electron chi connectivity index (χ1n) is 8.73. The first-order chi connectivity index (χ1) is 14.3. The summed E-state index contributed by atoms with van der Waals surface area (Å²) in [6.45, 7) is 0. The number of carbonyl (C=O) groups excluding carboxylic acids is 1. The van der Waals surface area contributed by atoms with Crippen LogP contribution >= 0.6 is 23.2 Å². The van der Waals surface area contributed by atoms with E-state index in [1.165, 1.54) is 19.4 Å². The molecule has 9 heteroatoms. The predicted octanol–water partition coefficient (Wildman–Crippen LogP) is 4.87. The summed E-state index contributed by atoms with van der Waals surface area (Å²) < 4.78 is 10.5. The molecular formula is C21H17Cl2NO6. The molecule has 3 N–H and O–H groups in total. The first kappa shape index (κ1) is 21.5. The number of halogens is 2. The van der Waals surface area contributed by atoms with E-state index in [1.54, 1.807) is 24.3 Å². The molecule has 0 fully saturated rings. The fourth-order valence-electron chi connectivity index (χ4n) is 2.88. The molecule has 0 saturated heterocycles. The van der Waals surface area contributed by atoms with Crippen molar-refractivity contribution in [3.8, 4) is 28.9 Å². The number of aromatic nitrogens is 1. The zero-order chi connectivity index (χ0) is 21.8. The molecule has 0 atom stereocenters. The molecule has 1 heterocycles. The monoisotopic (exact) mass is 449 g/mol. The maximum atomic E-state index is 12.1. The summed E-state index contributed by atoms with van der Waals surface area (Å²) in [5.41, 5.74) is 0.565. The lowest BCUT2D eigenvalue weighted by atomic mass is 9.98. The van der Waals surface area contributed by atoms with Crippen molar-refractivity contribution in [2.75, 3.05) is 7.11 Å². The summed E-state index contributed by atoms with van der Waals surface area (Å²) in [7, 11) is 1.17. The normalized spacial score (nSPS) is 10.6. The summed E-state index contributed by atoms with van der Waals surface area (Å²) in [5, 5.41) is 30.4. The van der Waals surface area contributed by atoms with Crippen LogP contribution in [0.25, 0.3) is 0 Å². The zero-order valence-corrected chi connectivity index (χ0v) is 17.2. The van der Waals surface area contributed by atoms with Crippen LogP contribution in [0.2, 0.25) is 10.0 Å². The molecule has 2 aromatic carbocycles. The number of phenolic OH excluding ortho intramolecular Hbond substituents is 2. The van der Waals surface area contributed by atoms with Gasteiger partial charge in [0.05, 0.1) is 18.3 Å². The standard InChI is InChI=1S/C21H17Cl2NO6/c1-29-21(28)18-15(19(23)17(27)9-16(18)26)7-2-11-8-13(25)10-24-20(11)30-14-5-3-12(22)4-6-14/h3-6,8-10,25-27H,2,7H2,1H3. The van der Waals surface area contributed by atoms with Crippen LogP contribution in [-0.4, -0.2) is 33.4 Å². The highest BCUT2D eigenvalue weighted by atomic mass is 35.5. The molecule has 0 aliphatic carbocycles. The number of benzene rings is 2. The molecule has 0 spiro atoms. The minimum absolute atomic E-state index is 0.0773. The van der Waals surface area contributed by atoms with Crippen LogP contribution in [0.5, 0.6) is 28.9 Å². The number of hydrogen-bond acceptors (Lipinski definition) is 7. The topological polar surface area (TPSA) is 109 Å². The van der Waals surface area contributed by atoms with E-state index in [-0.39, 0.29) is 46.4 Å². The zero-order valence-electron chi connectivity index (χ0n) is 15.7. The second-order valence-corrected chi connectivity index (χ2v) is 7.10. The number of ether oxygens (including phenoxy) is 2. The lowest BCUT2D eigenvalue weighted by Crippen LogP contribution is -2.08. The highest BCUT2D eigenvalue weighted by molar-refractivity contribution is 6.33. The fourth-order valence-corrected chi connectivity index (χ4v) is 3.25. The van der Waals surface area contributed by atoms with Crippen molar-refractivity contribution in [2.45, 2.75) is 12.8 Å². The third kappa shape index (κ3) is 4.69. The Morgan fingerprint density at radius 1 is 1.03 bits per heavy atom. The second-order valence-electron chi connectivity index (χ2n) is 6.29. The highest BCUT2D eigenvalue weighted by Gasteiger charge is 2.23. The summed E-state index contributed by atoms with van der Waals surface area (Å²) in [6.07, 6.45) is 1.58. The Morgan fingerprint density at radius 3 is 2.40 bits per heavy atom. The van der Waals surface area contributed by atoms with Crippen molar-refractivity contribution in [3.05, 3.63) is 69.3 Å². The molecular weight excluding hydrogens is 433 g/mol. The van der Waals surface area contributed by atoms with Crippen LogP contribution in [0.4, 0.5) is 0 Å². The SMILES string of the molecule is COC(=O)c1c(O)cc(O)c(Cl)c1CCc1cc(O)cnc1Oc1ccc(Cl)cc1. The number of rotatable bonds is 6. The van der Waals surface area contributed by atoms with E-state index in [9.17, 15) is 20.1 Å². The average molecular weight is 450 g/mol. The summed E-state index contributed by atoms with van der Waals surface area (Å²) in [4.78, 5) is 16.2. The number of hydrogen-bond donors (Lipinski definition) is 3. The summed E-state index contributed by atoms with van der Waals surface area (Å²) >= 11 is 12.1. The Bertz CT molecular complexity index is 1090. The van der Waals surface area contributed by atoms with Gasteiger partial charge in [0.2, 0.25) is 5.88 Å². The number of nitrogens with zero attached hydrogens (tertiary/aromatic N) is 1. The van der Waals surface area contributed by atoms with Gasteiger partial charge >= 0.3 is 5.97 Å². The van der Waals surface area contributed by atoms with Gasteiger partial charge in [-0.3, -0.25) is 0 Å². The minimum atomic E-state index is -0.795. The number of carbonyl (C=O) groups is 1. The minimum Gasteiger partial charge on any atom is -0.507 e. The first-order valence-corrected chi connectivity index (χ1v) is 9.48. The van der Waals surface area contributed by atoms with Crippen molar-refractivity contribution in [3.63, 3.8) is 0 Å². The van der Waals surface area contributed by atoms with Crippen LogP contribution in [0.1, 0.15) is 21.5 Å². The Balaban J connectivity index is 1.93. The number of aryl methyl sites for hydroxylation is 1. The number of pyridine rings is 1. The molecule has 0 unspecified atom stereocenters. The Hall–Kier alpha value is -3.16. The van der Waals surface area contributed by atoms with Gasteiger partial charge in [-0.25, -0.2) is 9.78 Å². The van der Waals surface area contributed by atoms with Crippen LogP contribution in [0, 0.1) is 0 Å². The van der Waals surface area contributed by atoms with Gasteiger partial charge in [-0.15, -0.1) is 0 Å². The van der Waals surface area contributed by atoms with E-state index in [2.05, 4.69) is 4.98 Å². The number of esters is 1. The molecule has 0 saturated carbocycles. The third-order valence-corrected chi connectivity index (χ3v) is 4.97. The molecule has 0 aliphatic rings. The van der Waals surface area contributed by atoms with Crippen LogP contribution < -0.4 is 4.74 Å². The van der Waals surface area contributed by atoms with E-state index in [4.69, 9.17) is 32.7 Å². The molecule has 3 aromatic rings. The Morgan fingerprint density at radius 2 is 1.73 bits per heavy atom. The van der Waals surface area contributed by atoms with Gasteiger partial charge in [0.1, 0.15) is 28.6 Å². The molecule has 30 heavy (non-hydrogen) atoms. The number of phenols is 2. The summed E-state index contributed by atoms with van der Waals surface area (Å²) in [6, 6.07) is 9.10. The van der Waals surface area contributed by atoms with Gasteiger partial charge in [0.15, 0.2) is 0 Å². The third-order valence-electron chi connectivity index (χ3n) is 4.29. The molecule has 0 radical (unpaired) electrons. The van der Waals surface area contributed by atoms with Crippen LogP contribution in [0.15, 0.2) is 42.6 Å². The molecule has 0 amide bonds. The number of aromatic hydroxyl groups is 3. The van der Waals surface area contributed by atoms with E-state index in [0.29, 0.717) is 16.3 Å². The van der Waals surface area contributed by atoms with E-state index < -0.39 is 11.7 Å². The Kier molecular flexibility index (Phi) is 6.54. The maximum Gasteiger partial charge on any atom is 0.341 e. The summed E-state index contributed by atoms with van der Waals surface area (Å²) in [5.74, 6) is -0.978. The van der Waals surface area contributed by atoms with Gasteiger partial charge in [0.25, 0.3) is 0 Å². The van der Waals surface area contributed by atoms with Gasteiger partial charge < -0.3 is 24.8 Å². The maximum absolute atomic E-state index is 12.1. The lowest BCUT2D eigenvalue weighted by Gasteiger charge is -2.15. The number of methoxy groups -OCH3 is 1. The largest absolute Gasteiger partial charge is 0.507 e. The van der Waals surface area contributed by atoms with E-state index in [1.807, 2.05) is 0 Å². The van der Waals surface area contributed by atoms with Crippen molar-refractivity contribution < 1.29 is 29.6 Å². The predicted molar refractivity (Wildman–Crippen MR) is 111 cm³/mol. The van der Waals surface area contributed by atoms with Gasteiger partial charge in [-0.2, -0.15) is 0 Å². The molecule has 7 nitrogen and oxygen atoms in total. The smallest absolute Gasteiger partial charge is 0.341 e. The molecule has 0 aliphatic heterocycles. The van der Waals surface area contributed by atoms with Gasteiger partial charge in [0, 0.05) is 16.7 Å². The van der Waals surface area contributed by atoms with Crippen LogP contribution in [-0.2, 0) is 17.6 Å². The Labute approximate surface area is 182 Å². The van der Waals surface area contributed by atoms with Crippen molar-refractivity contribution >= 4 is 29.2 Å². The lowest BCUT2D eigenvalue weighted by molar-refractivity contribution is 0.0596. The quantitative estimate of drug-likeness (QED) is 0.460. The highest BCUT2D eigenvalue weighted by Crippen LogP contribution is 2.38. The van der Waals surface area contributed by atoms with Crippen LogP contribution in [0.3, 0.4) is 0 Å². The molecule has 3 rings (SSSR count).